The molecule has 1 aliphatic carbocycles. The molecule has 2 nitrogen and oxygen atoms in total. The van der Waals surface area contributed by atoms with Crippen molar-refractivity contribution < 1.29 is 0 Å². The van der Waals surface area contributed by atoms with E-state index in [2.05, 4.69) is 29.5 Å². The molecule has 102 valence electrons. The molecular weight excluding hydrogens is 240 g/mol. The van der Waals surface area contributed by atoms with Crippen LogP contribution in [0.3, 0.4) is 0 Å². The second-order valence-electron chi connectivity index (χ2n) is 5.71. The van der Waals surface area contributed by atoms with Crippen LogP contribution in [0.2, 0.25) is 0 Å². The molecule has 0 atom stereocenters. The molecule has 0 unspecified atom stereocenters. The highest BCUT2D eigenvalue weighted by Crippen LogP contribution is 2.28. The van der Waals surface area contributed by atoms with Crippen LogP contribution in [-0.2, 0) is 6.42 Å². The van der Waals surface area contributed by atoms with Gasteiger partial charge in [0.15, 0.2) is 0 Å². The van der Waals surface area contributed by atoms with Gasteiger partial charge in [0.2, 0.25) is 0 Å². The van der Waals surface area contributed by atoms with Crippen molar-refractivity contribution in [1.82, 2.24) is 4.90 Å². The maximum atomic E-state index is 5.74. The highest BCUT2D eigenvalue weighted by molar-refractivity contribution is 7.09. The molecule has 3 heteroatoms. The van der Waals surface area contributed by atoms with Gasteiger partial charge in [-0.3, -0.25) is 0 Å². The molecule has 0 spiro atoms. The molecule has 1 fully saturated rings. The fraction of sp³-hybridized carbons (Fsp3) is 0.733. The van der Waals surface area contributed by atoms with Gasteiger partial charge in [0, 0.05) is 18.0 Å². The van der Waals surface area contributed by atoms with E-state index >= 15 is 0 Å². The molecule has 1 saturated carbocycles. The van der Waals surface area contributed by atoms with E-state index in [1.54, 1.807) is 0 Å². The molecule has 1 heterocycles. The summed E-state index contributed by atoms with van der Waals surface area (Å²) in [5.74, 6) is 1.71. The van der Waals surface area contributed by atoms with Crippen molar-refractivity contribution in [1.29, 1.82) is 0 Å². The molecule has 0 radical (unpaired) electrons. The van der Waals surface area contributed by atoms with Crippen LogP contribution in [0.4, 0.5) is 0 Å². The highest BCUT2D eigenvalue weighted by Gasteiger charge is 2.20. The lowest BCUT2D eigenvalue weighted by Gasteiger charge is -2.30. The minimum atomic E-state index is 0.803. The molecule has 0 aromatic carbocycles. The third kappa shape index (κ3) is 4.38. The Morgan fingerprint density at radius 3 is 2.61 bits per heavy atom. The maximum Gasteiger partial charge on any atom is 0.00579 e. The lowest BCUT2D eigenvalue weighted by Crippen LogP contribution is -2.31. The largest absolute Gasteiger partial charge is 0.330 e. The summed E-state index contributed by atoms with van der Waals surface area (Å²) >= 11 is 1.87. The molecule has 1 aromatic rings. The van der Waals surface area contributed by atoms with Crippen molar-refractivity contribution in [3.8, 4) is 0 Å². The van der Waals surface area contributed by atoms with E-state index in [4.69, 9.17) is 5.73 Å². The molecule has 0 bridgehead atoms. The average molecular weight is 266 g/mol. The number of likely N-dealkylation sites (N-methyl/N-ethyl adjacent to an activating group) is 1. The smallest absolute Gasteiger partial charge is 0.00579 e. The summed E-state index contributed by atoms with van der Waals surface area (Å²) < 4.78 is 0. The number of hydrogen-bond donors (Lipinski definition) is 1. The summed E-state index contributed by atoms with van der Waals surface area (Å²) in [6.07, 6.45) is 6.66. The third-order valence-electron chi connectivity index (χ3n) is 4.19. The summed E-state index contributed by atoms with van der Waals surface area (Å²) in [4.78, 5) is 4.02. The van der Waals surface area contributed by atoms with Crippen molar-refractivity contribution in [2.75, 3.05) is 26.7 Å². The summed E-state index contributed by atoms with van der Waals surface area (Å²) in [5, 5.41) is 2.17. The molecule has 2 N–H and O–H groups in total. The zero-order valence-electron chi connectivity index (χ0n) is 11.5. The van der Waals surface area contributed by atoms with E-state index in [9.17, 15) is 0 Å². The van der Waals surface area contributed by atoms with E-state index in [0.29, 0.717) is 0 Å². The summed E-state index contributed by atoms with van der Waals surface area (Å²) in [6, 6.07) is 4.39. The lowest BCUT2D eigenvalue weighted by molar-refractivity contribution is 0.207. The first-order valence-corrected chi connectivity index (χ1v) is 8.07. The minimum absolute atomic E-state index is 0.803. The minimum Gasteiger partial charge on any atom is -0.330 e. The van der Waals surface area contributed by atoms with E-state index in [0.717, 1.165) is 18.4 Å². The van der Waals surface area contributed by atoms with Crippen molar-refractivity contribution in [2.24, 2.45) is 17.6 Å². The van der Waals surface area contributed by atoms with Gasteiger partial charge in [-0.05, 0) is 69.0 Å². The molecule has 0 amide bonds. The van der Waals surface area contributed by atoms with Crippen LogP contribution in [0.1, 0.15) is 30.6 Å². The van der Waals surface area contributed by atoms with Crippen molar-refractivity contribution in [2.45, 2.75) is 32.1 Å². The van der Waals surface area contributed by atoms with Gasteiger partial charge in [-0.25, -0.2) is 0 Å². The molecule has 1 aromatic heterocycles. The van der Waals surface area contributed by atoms with Gasteiger partial charge in [0.05, 0.1) is 0 Å². The molecule has 18 heavy (non-hydrogen) atoms. The Hall–Kier alpha value is -0.380. The first-order valence-electron chi connectivity index (χ1n) is 7.19. The van der Waals surface area contributed by atoms with Gasteiger partial charge in [-0.15, -0.1) is 11.3 Å². The number of nitrogens with zero attached hydrogens (tertiary/aromatic N) is 1. The Labute approximate surface area is 115 Å². The van der Waals surface area contributed by atoms with Gasteiger partial charge in [0.25, 0.3) is 0 Å². The monoisotopic (exact) mass is 266 g/mol. The Bertz CT molecular complexity index is 315. The second kappa shape index (κ2) is 7.27. The van der Waals surface area contributed by atoms with Crippen LogP contribution in [0.25, 0.3) is 0 Å². The second-order valence-corrected chi connectivity index (χ2v) is 6.75. The number of hydrogen-bond acceptors (Lipinski definition) is 3. The Balaban J connectivity index is 1.64. The molecular formula is C15H26N2S. The predicted molar refractivity (Wildman–Crippen MR) is 80.0 cm³/mol. The fourth-order valence-electron chi connectivity index (χ4n) is 2.94. The number of rotatable bonds is 6. The molecule has 0 aliphatic heterocycles. The first-order chi connectivity index (χ1) is 8.78. The maximum absolute atomic E-state index is 5.74. The highest BCUT2D eigenvalue weighted by atomic mass is 32.1. The summed E-state index contributed by atoms with van der Waals surface area (Å²) in [6.45, 7) is 3.35. The van der Waals surface area contributed by atoms with Gasteiger partial charge < -0.3 is 10.6 Å². The standard InChI is InChI=1S/C15H26N2S/c1-17(9-8-15-3-2-10-18-15)12-14-6-4-13(11-16)5-7-14/h2-3,10,13-14H,4-9,11-12,16H2,1H3. The third-order valence-corrected chi connectivity index (χ3v) is 5.13. The topological polar surface area (TPSA) is 29.3 Å². The van der Waals surface area contributed by atoms with Crippen molar-refractivity contribution >= 4 is 11.3 Å². The summed E-state index contributed by atoms with van der Waals surface area (Å²) in [7, 11) is 2.27. The number of nitrogens with two attached hydrogens (primary N) is 1. The van der Waals surface area contributed by atoms with Gasteiger partial charge >= 0.3 is 0 Å². The van der Waals surface area contributed by atoms with Crippen LogP contribution >= 0.6 is 11.3 Å². The zero-order valence-corrected chi connectivity index (χ0v) is 12.3. The van der Waals surface area contributed by atoms with Gasteiger partial charge in [-0.1, -0.05) is 6.07 Å². The summed E-state index contributed by atoms with van der Waals surface area (Å²) in [5.41, 5.74) is 5.74. The van der Waals surface area contributed by atoms with E-state index in [-0.39, 0.29) is 0 Å². The number of thiophene rings is 1. The van der Waals surface area contributed by atoms with Crippen LogP contribution < -0.4 is 5.73 Å². The van der Waals surface area contributed by atoms with Crippen molar-refractivity contribution in [3.63, 3.8) is 0 Å². The van der Waals surface area contributed by atoms with E-state index in [1.165, 1.54) is 50.1 Å². The lowest BCUT2D eigenvalue weighted by atomic mass is 9.82. The average Bonchev–Trinajstić information content (AvgIpc) is 2.90. The Morgan fingerprint density at radius 2 is 2.00 bits per heavy atom. The molecule has 2 rings (SSSR count). The fourth-order valence-corrected chi connectivity index (χ4v) is 3.64. The quantitative estimate of drug-likeness (QED) is 0.857. The normalized spacial score (nSPS) is 24.6. The van der Waals surface area contributed by atoms with Crippen LogP contribution in [0.5, 0.6) is 0 Å². The van der Waals surface area contributed by atoms with E-state index in [1.807, 2.05) is 11.3 Å². The Morgan fingerprint density at radius 1 is 1.28 bits per heavy atom. The van der Waals surface area contributed by atoms with E-state index < -0.39 is 0 Å². The van der Waals surface area contributed by atoms with Gasteiger partial charge in [-0.2, -0.15) is 0 Å². The van der Waals surface area contributed by atoms with Crippen molar-refractivity contribution in [3.05, 3.63) is 22.4 Å². The van der Waals surface area contributed by atoms with Crippen LogP contribution in [0, 0.1) is 11.8 Å². The van der Waals surface area contributed by atoms with Crippen LogP contribution in [0.15, 0.2) is 17.5 Å². The molecule has 0 saturated heterocycles. The Kier molecular flexibility index (Phi) is 5.67. The first kappa shape index (κ1) is 14.0. The predicted octanol–water partition coefficient (Wildman–Crippen LogP) is 2.99. The van der Waals surface area contributed by atoms with Crippen LogP contribution in [-0.4, -0.2) is 31.6 Å². The molecule has 1 aliphatic rings. The SMILES string of the molecule is CN(CCc1cccs1)CC1CCC(CN)CC1. The zero-order chi connectivity index (χ0) is 12.8. The van der Waals surface area contributed by atoms with Gasteiger partial charge in [0.1, 0.15) is 0 Å².